The summed E-state index contributed by atoms with van der Waals surface area (Å²) in [6, 6.07) is -0.546. The average Bonchev–Trinajstić information content (AvgIpc) is 1.98. The Morgan fingerprint density at radius 2 is 1.75 bits per heavy atom. The molecule has 0 aliphatic rings. The highest BCUT2D eigenvalue weighted by atomic mass is 79.9. The van der Waals surface area contributed by atoms with Crippen LogP contribution in [0.2, 0.25) is 0 Å². The lowest BCUT2D eigenvalue weighted by Crippen LogP contribution is -2.39. The minimum absolute atomic E-state index is 0.306. The normalized spacial score (nSPS) is 10.8. The Morgan fingerprint density at radius 1 is 1.33 bits per heavy atom. The second-order valence-corrected chi connectivity index (χ2v) is 4.34. The molecule has 70 valence electrons. The van der Waals surface area contributed by atoms with E-state index in [1.54, 1.807) is 20.8 Å². The Kier molecular flexibility index (Phi) is 4.19. The van der Waals surface area contributed by atoms with E-state index in [1.165, 1.54) is 0 Å². The molecule has 0 aliphatic carbocycles. The van der Waals surface area contributed by atoms with Gasteiger partial charge in [0, 0.05) is 5.41 Å². The fraction of sp³-hybridized carbons (Fsp3) is 0.667. The number of imide groups is 1. The summed E-state index contributed by atoms with van der Waals surface area (Å²) in [6.45, 7) is 5.18. The molecule has 0 aromatic carbocycles. The number of rotatable bonds is 0. The van der Waals surface area contributed by atoms with Crippen molar-refractivity contribution in [1.29, 1.82) is 0 Å². The number of urea groups is 1. The molecule has 6 heteroatoms. The van der Waals surface area contributed by atoms with Crippen LogP contribution in [0.4, 0.5) is 4.79 Å². The summed E-state index contributed by atoms with van der Waals surface area (Å²) < 4.78 is 3.00. The van der Waals surface area contributed by atoms with Gasteiger partial charge in [0.05, 0.1) is 32.3 Å². The molecule has 0 aromatic rings. The van der Waals surface area contributed by atoms with Crippen molar-refractivity contribution < 1.29 is 9.59 Å². The molecule has 0 radical (unpaired) electrons. The number of hydrogen-bond donors (Lipinski definition) is 1. The summed E-state index contributed by atoms with van der Waals surface area (Å²) in [7, 11) is 0. The van der Waals surface area contributed by atoms with Crippen molar-refractivity contribution in [2.24, 2.45) is 5.41 Å². The highest BCUT2D eigenvalue weighted by Crippen LogP contribution is 2.19. The van der Waals surface area contributed by atoms with Gasteiger partial charge in [-0.3, -0.25) is 9.14 Å². The molecule has 0 heterocycles. The second kappa shape index (κ2) is 4.23. The first-order valence-corrected chi connectivity index (χ1v) is 4.72. The Balaban J connectivity index is 4.41. The van der Waals surface area contributed by atoms with Crippen LogP contribution in [0, 0.1) is 5.41 Å². The van der Waals surface area contributed by atoms with Gasteiger partial charge in [-0.05, 0) is 0 Å². The van der Waals surface area contributed by atoms with Crippen molar-refractivity contribution in [2.45, 2.75) is 20.8 Å². The maximum Gasteiger partial charge on any atom is 0.344 e. The van der Waals surface area contributed by atoms with Crippen LogP contribution in [-0.4, -0.2) is 15.9 Å². The summed E-state index contributed by atoms with van der Waals surface area (Å²) >= 11 is 5.57. The van der Waals surface area contributed by atoms with Gasteiger partial charge < -0.3 is 0 Å². The molecule has 12 heavy (non-hydrogen) atoms. The number of carbonyl (C=O) groups excluding carboxylic acids is 2. The quantitative estimate of drug-likeness (QED) is 0.697. The van der Waals surface area contributed by atoms with E-state index in [0.717, 1.165) is 3.93 Å². The Morgan fingerprint density at radius 3 is 2.00 bits per heavy atom. The van der Waals surface area contributed by atoms with Crippen LogP contribution in [0.25, 0.3) is 0 Å². The molecule has 1 N–H and O–H groups in total. The van der Waals surface area contributed by atoms with Crippen molar-refractivity contribution in [3.05, 3.63) is 0 Å². The van der Waals surface area contributed by atoms with Crippen LogP contribution in [0.3, 0.4) is 0 Å². The van der Waals surface area contributed by atoms with E-state index < -0.39 is 11.4 Å². The van der Waals surface area contributed by atoms with Gasteiger partial charge in [-0.2, -0.15) is 3.93 Å². The molecular formula is C6H10Br2N2O2. The standard InChI is InChI=1S/C6H10Br2N2O2/c1-6(2,3)4(11)10(8)5(12)9-7/h1-3H3,(H,9,12). The molecule has 0 saturated heterocycles. The lowest BCUT2D eigenvalue weighted by molar-refractivity contribution is -0.131. The third-order valence-corrected chi connectivity index (χ3v) is 2.06. The zero-order valence-corrected chi connectivity index (χ0v) is 10.2. The SMILES string of the molecule is CC(C)(C)C(=O)N(Br)C(=O)NBr. The van der Waals surface area contributed by atoms with Crippen molar-refractivity contribution in [3.63, 3.8) is 0 Å². The number of carbonyl (C=O) groups is 2. The molecule has 0 aromatic heterocycles. The molecule has 4 nitrogen and oxygen atoms in total. The summed E-state index contributed by atoms with van der Waals surface area (Å²) in [5.41, 5.74) is -0.580. The van der Waals surface area contributed by atoms with E-state index in [9.17, 15) is 9.59 Å². The summed E-state index contributed by atoms with van der Waals surface area (Å²) in [6.07, 6.45) is 0. The first kappa shape index (κ1) is 11.9. The van der Waals surface area contributed by atoms with Crippen LogP contribution in [0.1, 0.15) is 20.8 Å². The van der Waals surface area contributed by atoms with Gasteiger partial charge in [-0.1, -0.05) is 20.8 Å². The molecule has 0 spiro atoms. The molecular weight excluding hydrogens is 292 g/mol. The summed E-state index contributed by atoms with van der Waals surface area (Å²) in [5.74, 6) is -0.306. The van der Waals surface area contributed by atoms with Gasteiger partial charge in [0.1, 0.15) is 0 Å². The van der Waals surface area contributed by atoms with Gasteiger partial charge in [-0.25, -0.2) is 4.79 Å². The minimum atomic E-state index is -0.580. The van der Waals surface area contributed by atoms with Gasteiger partial charge >= 0.3 is 6.03 Å². The monoisotopic (exact) mass is 300 g/mol. The van der Waals surface area contributed by atoms with E-state index >= 15 is 0 Å². The number of nitrogens with zero attached hydrogens (tertiary/aromatic N) is 1. The Bertz CT molecular complexity index is 200. The topological polar surface area (TPSA) is 49.4 Å². The molecule has 0 aliphatic heterocycles. The van der Waals surface area contributed by atoms with E-state index in [4.69, 9.17) is 0 Å². The Hall–Kier alpha value is -0.100. The fourth-order valence-electron chi connectivity index (χ4n) is 0.424. The third-order valence-electron chi connectivity index (χ3n) is 1.08. The predicted molar refractivity (Wildman–Crippen MR) is 52.7 cm³/mol. The van der Waals surface area contributed by atoms with Gasteiger partial charge in [0.2, 0.25) is 5.91 Å². The molecule has 0 unspecified atom stereocenters. The van der Waals surface area contributed by atoms with E-state index in [-0.39, 0.29) is 5.91 Å². The number of amides is 3. The molecule has 0 atom stereocenters. The highest BCUT2D eigenvalue weighted by molar-refractivity contribution is 9.08. The van der Waals surface area contributed by atoms with Crippen molar-refractivity contribution in [1.82, 2.24) is 8.27 Å². The van der Waals surface area contributed by atoms with E-state index in [1.807, 2.05) is 0 Å². The summed E-state index contributed by atoms with van der Waals surface area (Å²) in [5, 5.41) is 0. The lowest BCUT2D eigenvalue weighted by Gasteiger charge is -2.21. The largest absolute Gasteiger partial charge is 0.344 e. The number of nitrogens with one attached hydrogen (secondary N) is 1. The molecule has 0 rings (SSSR count). The van der Waals surface area contributed by atoms with Gasteiger partial charge in [0.15, 0.2) is 0 Å². The molecule has 3 amide bonds. The lowest BCUT2D eigenvalue weighted by atomic mass is 9.96. The predicted octanol–water partition coefficient (Wildman–Crippen LogP) is 2.19. The van der Waals surface area contributed by atoms with E-state index in [0.29, 0.717) is 0 Å². The molecule has 0 bridgehead atoms. The van der Waals surface area contributed by atoms with Crippen molar-refractivity contribution in [3.8, 4) is 0 Å². The maximum absolute atomic E-state index is 11.4. The number of hydrogen-bond acceptors (Lipinski definition) is 2. The third kappa shape index (κ3) is 3.10. The Labute approximate surface area is 88.4 Å². The minimum Gasteiger partial charge on any atom is -0.273 e. The van der Waals surface area contributed by atoms with Crippen LogP contribution in [0.5, 0.6) is 0 Å². The molecule has 0 fully saturated rings. The highest BCUT2D eigenvalue weighted by Gasteiger charge is 2.29. The number of halogens is 2. The van der Waals surface area contributed by atoms with Crippen LogP contribution >= 0.6 is 32.3 Å². The van der Waals surface area contributed by atoms with Crippen LogP contribution in [-0.2, 0) is 4.79 Å². The average molecular weight is 302 g/mol. The van der Waals surface area contributed by atoms with Gasteiger partial charge in [-0.15, -0.1) is 0 Å². The smallest absolute Gasteiger partial charge is 0.273 e. The fourth-order valence-corrected chi connectivity index (χ4v) is 1.46. The van der Waals surface area contributed by atoms with Crippen LogP contribution < -0.4 is 4.34 Å². The van der Waals surface area contributed by atoms with Crippen LogP contribution in [0.15, 0.2) is 0 Å². The van der Waals surface area contributed by atoms with Crippen molar-refractivity contribution in [2.75, 3.05) is 0 Å². The molecule has 0 saturated carbocycles. The first-order valence-electron chi connectivity index (χ1n) is 3.21. The van der Waals surface area contributed by atoms with Crippen molar-refractivity contribution >= 4 is 44.2 Å². The first-order chi connectivity index (χ1) is 5.30. The summed E-state index contributed by atoms with van der Waals surface area (Å²) in [4.78, 5) is 22.3. The zero-order chi connectivity index (χ0) is 9.94. The maximum atomic E-state index is 11.4. The second-order valence-electron chi connectivity index (χ2n) is 3.24. The van der Waals surface area contributed by atoms with E-state index in [2.05, 4.69) is 36.6 Å². The zero-order valence-electron chi connectivity index (χ0n) is 7.02. The van der Waals surface area contributed by atoms with Gasteiger partial charge in [0.25, 0.3) is 0 Å².